The summed E-state index contributed by atoms with van der Waals surface area (Å²) in [6, 6.07) is 20.1. The number of ether oxygens (including phenoxy) is 1. The molecule has 1 unspecified atom stereocenters. The Balaban J connectivity index is 1.44. The van der Waals surface area contributed by atoms with Crippen LogP contribution in [0, 0.1) is 0 Å². The zero-order valence-electron chi connectivity index (χ0n) is 14.5. The largest absolute Gasteiger partial charge is 0.491 e. The average molecular weight is 336 g/mol. The second-order valence-corrected chi connectivity index (χ2v) is 6.31. The van der Waals surface area contributed by atoms with Crippen molar-refractivity contribution >= 4 is 10.8 Å². The fourth-order valence-electron chi connectivity index (χ4n) is 2.80. The quantitative estimate of drug-likeness (QED) is 0.686. The van der Waals surface area contributed by atoms with Gasteiger partial charge in [0.25, 0.3) is 0 Å². The smallest absolute Gasteiger partial charge is 0.120 e. The van der Waals surface area contributed by atoms with E-state index in [2.05, 4.69) is 22.0 Å². The molecule has 0 bridgehead atoms. The number of pyridine rings is 1. The molecule has 1 N–H and O–H groups in total. The second kappa shape index (κ2) is 8.60. The van der Waals surface area contributed by atoms with Crippen LogP contribution in [0.25, 0.3) is 10.8 Å². The molecule has 1 aromatic heterocycles. The molecule has 0 radical (unpaired) electrons. The minimum atomic E-state index is -0.528. The minimum Gasteiger partial charge on any atom is -0.491 e. The van der Waals surface area contributed by atoms with Crippen LogP contribution in [-0.4, -0.2) is 47.8 Å². The normalized spacial score (nSPS) is 12.4. The van der Waals surface area contributed by atoms with Gasteiger partial charge in [-0.05, 0) is 42.1 Å². The molecule has 3 aromatic rings. The Morgan fingerprint density at radius 3 is 2.64 bits per heavy atom. The predicted molar refractivity (Wildman–Crippen MR) is 101 cm³/mol. The van der Waals surface area contributed by atoms with E-state index in [0.717, 1.165) is 29.8 Å². The maximum atomic E-state index is 10.2. The molecule has 4 heteroatoms. The Morgan fingerprint density at radius 2 is 1.84 bits per heavy atom. The molecule has 1 heterocycles. The highest BCUT2D eigenvalue weighted by Gasteiger charge is 2.10. The van der Waals surface area contributed by atoms with E-state index in [4.69, 9.17) is 4.74 Å². The molecule has 130 valence electrons. The van der Waals surface area contributed by atoms with Crippen molar-refractivity contribution in [3.05, 3.63) is 72.6 Å². The number of aromatic nitrogens is 1. The van der Waals surface area contributed by atoms with Crippen molar-refractivity contribution < 1.29 is 9.84 Å². The summed E-state index contributed by atoms with van der Waals surface area (Å²) in [7, 11) is 2.00. The molecule has 2 aromatic carbocycles. The highest BCUT2D eigenvalue weighted by Crippen LogP contribution is 2.20. The first-order chi connectivity index (χ1) is 12.2. The van der Waals surface area contributed by atoms with E-state index in [-0.39, 0.29) is 6.61 Å². The maximum absolute atomic E-state index is 10.2. The zero-order valence-corrected chi connectivity index (χ0v) is 14.5. The fourth-order valence-corrected chi connectivity index (χ4v) is 2.80. The van der Waals surface area contributed by atoms with Gasteiger partial charge in [-0.1, -0.05) is 36.4 Å². The van der Waals surface area contributed by atoms with Crippen molar-refractivity contribution in [2.75, 3.05) is 26.7 Å². The third-order valence-corrected chi connectivity index (χ3v) is 4.16. The lowest BCUT2D eigenvalue weighted by Gasteiger charge is -2.20. The van der Waals surface area contributed by atoms with E-state index in [0.29, 0.717) is 6.54 Å². The molecular formula is C21H24N2O2. The van der Waals surface area contributed by atoms with E-state index in [1.807, 2.05) is 61.8 Å². The molecule has 1 atom stereocenters. The van der Waals surface area contributed by atoms with E-state index < -0.39 is 6.10 Å². The third kappa shape index (κ3) is 5.28. The molecule has 0 aliphatic rings. The zero-order chi connectivity index (χ0) is 17.5. The Hall–Kier alpha value is -2.43. The van der Waals surface area contributed by atoms with E-state index in [1.54, 1.807) is 0 Å². The van der Waals surface area contributed by atoms with Gasteiger partial charge >= 0.3 is 0 Å². The molecule has 0 spiro atoms. The van der Waals surface area contributed by atoms with Gasteiger partial charge in [-0.25, -0.2) is 0 Å². The number of hydrogen-bond donors (Lipinski definition) is 1. The van der Waals surface area contributed by atoms with Gasteiger partial charge in [0.2, 0.25) is 0 Å². The molecule has 0 amide bonds. The number of hydrogen-bond acceptors (Lipinski definition) is 4. The average Bonchev–Trinajstić information content (AvgIpc) is 2.65. The molecule has 0 aliphatic carbocycles. The summed E-state index contributed by atoms with van der Waals surface area (Å²) >= 11 is 0. The van der Waals surface area contributed by atoms with Crippen LogP contribution in [0.4, 0.5) is 0 Å². The van der Waals surface area contributed by atoms with E-state index in [9.17, 15) is 5.11 Å². The summed E-state index contributed by atoms with van der Waals surface area (Å²) in [5, 5.41) is 12.5. The SMILES string of the molecule is CN(CCc1ccccn1)CC(O)COc1ccc2ccccc2c1. The van der Waals surface area contributed by atoms with Gasteiger partial charge in [0.15, 0.2) is 0 Å². The number of likely N-dealkylation sites (N-methyl/N-ethyl adjacent to an activating group) is 1. The van der Waals surface area contributed by atoms with Gasteiger partial charge in [0.05, 0.1) is 0 Å². The summed E-state index contributed by atoms with van der Waals surface area (Å²) in [4.78, 5) is 6.42. The first-order valence-corrected chi connectivity index (χ1v) is 8.59. The molecule has 25 heavy (non-hydrogen) atoms. The lowest BCUT2D eigenvalue weighted by Crippen LogP contribution is -2.34. The van der Waals surface area contributed by atoms with Crippen molar-refractivity contribution in [2.45, 2.75) is 12.5 Å². The first-order valence-electron chi connectivity index (χ1n) is 8.59. The van der Waals surface area contributed by atoms with Crippen LogP contribution < -0.4 is 4.74 Å². The summed E-state index contributed by atoms with van der Waals surface area (Å²) in [6.07, 6.45) is 2.15. The minimum absolute atomic E-state index is 0.284. The Morgan fingerprint density at radius 1 is 1.04 bits per heavy atom. The number of rotatable bonds is 8. The van der Waals surface area contributed by atoms with Gasteiger partial charge in [-0.15, -0.1) is 0 Å². The van der Waals surface area contributed by atoms with Crippen molar-refractivity contribution in [2.24, 2.45) is 0 Å². The Bertz CT molecular complexity index is 792. The molecule has 0 fully saturated rings. The number of benzene rings is 2. The number of nitrogens with zero attached hydrogens (tertiary/aromatic N) is 2. The van der Waals surface area contributed by atoms with Crippen LogP contribution in [0.2, 0.25) is 0 Å². The van der Waals surface area contributed by atoms with Crippen LogP contribution >= 0.6 is 0 Å². The van der Waals surface area contributed by atoms with Crippen LogP contribution in [0.15, 0.2) is 66.9 Å². The highest BCUT2D eigenvalue weighted by atomic mass is 16.5. The van der Waals surface area contributed by atoms with Gasteiger partial charge in [-0.3, -0.25) is 4.98 Å². The standard InChI is InChI=1S/C21H24N2O2/c1-23(13-11-19-8-4-5-12-22-19)15-20(24)16-25-21-10-9-17-6-2-3-7-18(17)14-21/h2-10,12,14,20,24H,11,13,15-16H2,1H3. The van der Waals surface area contributed by atoms with E-state index >= 15 is 0 Å². The molecular weight excluding hydrogens is 312 g/mol. The maximum Gasteiger partial charge on any atom is 0.120 e. The number of fused-ring (bicyclic) bond motifs is 1. The molecule has 0 saturated heterocycles. The van der Waals surface area contributed by atoms with Crippen LogP contribution in [0.1, 0.15) is 5.69 Å². The molecule has 4 nitrogen and oxygen atoms in total. The van der Waals surface area contributed by atoms with Gasteiger partial charge in [0.1, 0.15) is 18.5 Å². The second-order valence-electron chi connectivity index (χ2n) is 6.31. The van der Waals surface area contributed by atoms with Crippen LogP contribution in [0.5, 0.6) is 5.75 Å². The van der Waals surface area contributed by atoms with Gasteiger partial charge < -0.3 is 14.7 Å². The molecule has 3 rings (SSSR count). The Kier molecular flexibility index (Phi) is 5.99. The topological polar surface area (TPSA) is 45.6 Å². The monoisotopic (exact) mass is 336 g/mol. The number of aliphatic hydroxyl groups excluding tert-OH is 1. The summed E-state index contributed by atoms with van der Waals surface area (Å²) in [6.45, 7) is 1.71. The van der Waals surface area contributed by atoms with Gasteiger partial charge in [-0.2, -0.15) is 0 Å². The van der Waals surface area contributed by atoms with Crippen molar-refractivity contribution in [3.8, 4) is 5.75 Å². The van der Waals surface area contributed by atoms with E-state index in [1.165, 1.54) is 5.39 Å². The third-order valence-electron chi connectivity index (χ3n) is 4.16. The summed E-state index contributed by atoms with van der Waals surface area (Å²) < 4.78 is 5.75. The van der Waals surface area contributed by atoms with Crippen molar-refractivity contribution in [1.29, 1.82) is 0 Å². The predicted octanol–water partition coefficient (Wildman–Crippen LogP) is 3.15. The summed E-state index contributed by atoms with van der Waals surface area (Å²) in [5.41, 5.74) is 1.07. The van der Waals surface area contributed by atoms with Crippen LogP contribution in [-0.2, 0) is 6.42 Å². The van der Waals surface area contributed by atoms with Crippen LogP contribution in [0.3, 0.4) is 0 Å². The Labute approximate surface area is 148 Å². The number of aliphatic hydroxyl groups is 1. The molecule has 0 saturated carbocycles. The lowest BCUT2D eigenvalue weighted by molar-refractivity contribution is 0.0767. The van der Waals surface area contributed by atoms with Crippen molar-refractivity contribution in [3.63, 3.8) is 0 Å². The molecule has 0 aliphatic heterocycles. The first kappa shape index (κ1) is 17.4. The van der Waals surface area contributed by atoms with Crippen molar-refractivity contribution in [1.82, 2.24) is 9.88 Å². The highest BCUT2D eigenvalue weighted by molar-refractivity contribution is 5.83. The van der Waals surface area contributed by atoms with Gasteiger partial charge in [0, 0.05) is 31.4 Å². The lowest BCUT2D eigenvalue weighted by atomic mass is 10.1. The summed E-state index contributed by atoms with van der Waals surface area (Å²) in [5.74, 6) is 0.786. The fraction of sp³-hybridized carbons (Fsp3) is 0.286.